The summed E-state index contributed by atoms with van der Waals surface area (Å²) in [5, 5.41) is 5.10. The summed E-state index contributed by atoms with van der Waals surface area (Å²) in [6.07, 6.45) is 1.63. The van der Waals surface area contributed by atoms with E-state index in [1.54, 1.807) is 43.5 Å². The molecule has 0 saturated carbocycles. The average molecular weight is 598 g/mol. The summed E-state index contributed by atoms with van der Waals surface area (Å²) in [4.78, 5) is 25.4. The minimum absolute atomic E-state index is 0.142. The molecule has 6 rings (SSSR count). The number of hydrazone groups is 1. The summed E-state index contributed by atoms with van der Waals surface area (Å²) in [6, 6.07) is 36.4. The maximum atomic E-state index is 13.0. The van der Waals surface area contributed by atoms with Crippen molar-refractivity contribution < 1.29 is 23.5 Å². The molecule has 0 aliphatic heterocycles. The van der Waals surface area contributed by atoms with Crippen LogP contribution in [0.25, 0.3) is 39.2 Å². The van der Waals surface area contributed by atoms with Crippen LogP contribution in [0.3, 0.4) is 0 Å². The minimum atomic E-state index is -0.473. The highest BCUT2D eigenvalue weighted by Gasteiger charge is 2.20. The van der Waals surface area contributed by atoms with Gasteiger partial charge in [-0.3, -0.25) is 4.79 Å². The number of carbonyl (C=O) groups is 2. The molecule has 0 fully saturated rings. The van der Waals surface area contributed by atoms with Crippen molar-refractivity contribution in [2.45, 2.75) is 13.8 Å². The van der Waals surface area contributed by atoms with Gasteiger partial charge >= 0.3 is 11.9 Å². The van der Waals surface area contributed by atoms with Crippen molar-refractivity contribution in [2.24, 2.45) is 5.10 Å². The summed E-state index contributed by atoms with van der Waals surface area (Å²) in [5.74, 6) is 0.00612. The molecule has 0 aliphatic rings. The fourth-order valence-electron chi connectivity index (χ4n) is 5.18. The lowest BCUT2D eigenvalue weighted by Crippen LogP contribution is -2.16. The molecule has 0 saturated heterocycles. The Morgan fingerprint density at radius 3 is 2.22 bits per heavy atom. The number of hydrogen-bond acceptors (Lipinski definition) is 6. The van der Waals surface area contributed by atoms with Crippen LogP contribution >= 0.6 is 0 Å². The van der Waals surface area contributed by atoms with Gasteiger partial charge in [-0.2, -0.15) is 5.10 Å². The molecule has 8 heteroatoms. The van der Waals surface area contributed by atoms with E-state index in [9.17, 15) is 9.59 Å². The predicted octanol–water partition coefficient (Wildman–Crippen LogP) is 7.90. The molecular formula is C37H31N3O5. The maximum absolute atomic E-state index is 13.0. The predicted molar refractivity (Wildman–Crippen MR) is 175 cm³/mol. The molecule has 45 heavy (non-hydrogen) atoms. The second-order valence-corrected chi connectivity index (χ2v) is 10.1. The first-order valence-corrected chi connectivity index (χ1v) is 14.7. The van der Waals surface area contributed by atoms with Crippen molar-refractivity contribution >= 4 is 29.1 Å². The molecule has 0 spiro atoms. The molecule has 224 valence electrons. The SMILES string of the molecule is CCOC(=O)c1ccc(-n2c(-c3ccccc3)cc(/C=N\NC(=O)c3cc4cc(OCC)ccc4o3)c2-c2ccccc2)cc1. The Morgan fingerprint density at radius 2 is 1.53 bits per heavy atom. The van der Waals surface area contributed by atoms with E-state index in [2.05, 4.69) is 15.1 Å². The first kappa shape index (κ1) is 29.2. The number of nitrogens with zero attached hydrogens (tertiary/aromatic N) is 2. The number of aromatic nitrogens is 1. The topological polar surface area (TPSA) is 95.1 Å². The van der Waals surface area contributed by atoms with E-state index in [0.29, 0.717) is 30.1 Å². The summed E-state index contributed by atoms with van der Waals surface area (Å²) < 4.78 is 18.6. The van der Waals surface area contributed by atoms with Gasteiger partial charge in [0.05, 0.1) is 36.4 Å². The Balaban J connectivity index is 1.39. The highest BCUT2D eigenvalue weighted by atomic mass is 16.5. The minimum Gasteiger partial charge on any atom is -0.494 e. The Hall–Kier alpha value is -5.89. The molecule has 1 amide bonds. The summed E-state index contributed by atoms with van der Waals surface area (Å²) in [6.45, 7) is 4.55. The molecule has 4 aromatic carbocycles. The summed E-state index contributed by atoms with van der Waals surface area (Å²) in [5.41, 5.74) is 9.00. The number of amides is 1. The molecule has 6 aromatic rings. The zero-order valence-electron chi connectivity index (χ0n) is 24.9. The first-order valence-electron chi connectivity index (χ1n) is 14.7. The highest BCUT2D eigenvalue weighted by molar-refractivity contribution is 5.98. The Labute approximate surface area is 260 Å². The number of furan rings is 1. The largest absolute Gasteiger partial charge is 0.494 e. The Kier molecular flexibility index (Phi) is 8.55. The van der Waals surface area contributed by atoms with E-state index in [1.807, 2.05) is 91.9 Å². The molecule has 1 N–H and O–H groups in total. The summed E-state index contributed by atoms with van der Waals surface area (Å²) >= 11 is 0. The third kappa shape index (κ3) is 6.26. The van der Waals surface area contributed by atoms with Crippen LogP contribution in [0.4, 0.5) is 0 Å². The van der Waals surface area contributed by atoms with Crippen molar-refractivity contribution in [3.63, 3.8) is 0 Å². The fraction of sp³-hybridized carbons (Fsp3) is 0.108. The van der Waals surface area contributed by atoms with Crippen LogP contribution < -0.4 is 10.2 Å². The van der Waals surface area contributed by atoms with Crippen LogP contribution in [0, 0.1) is 0 Å². The molecule has 0 aliphatic carbocycles. The fourth-order valence-corrected chi connectivity index (χ4v) is 5.18. The molecule has 0 unspecified atom stereocenters. The van der Waals surface area contributed by atoms with Crippen molar-refractivity contribution in [1.29, 1.82) is 0 Å². The van der Waals surface area contributed by atoms with Gasteiger partial charge in [0.25, 0.3) is 0 Å². The van der Waals surface area contributed by atoms with Crippen LogP contribution in [-0.2, 0) is 4.74 Å². The van der Waals surface area contributed by atoms with Crippen LogP contribution in [0.2, 0.25) is 0 Å². The van der Waals surface area contributed by atoms with E-state index in [4.69, 9.17) is 13.9 Å². The zero-order chi connectivity index (χ0) is 31.2. The molecule has 2 heterocycles. The molecule has 0 bridgehead atoms. The Morgan fingerprint density at radius 1 is 0.822 bits per heavy atom. The van der Waals surface area contributed by atoms with Gasteiger partial charge in [0, 0.05) is 16.6 Å². The van der Waals surface area contributed by atoms with E-state index in [-0.39, 0.29) is 11.7 Å². The van der Waals surface area contributed by atoms with Crippen LogP contribution in [0.1, 0.15) is 40.3 Å². The van der Waals surface area contributed by atoms with E-state index >= 15 is 0 Å². The van der Waals surface area contributed by atoms with Crippen molar-refractivity contribution in [2.75, 3.05) is 13.2 Å². The van der Waals surface area contributed by atoms with Gasteiger partial charge in [-0.05, 0) is 79.6 Å². The van der Waals surface area contributed by atoms with Gasteiger partial charge in [0.15, 0.2) is 5.76 Å². The summed E-state index contributed by atoms with van der Waals surface area (Å²) in [7, 11) is 0. The van der Waals surface area contributed by atoms with Crippen LogP contribution in [0.5, 0.6) is 5.75 Å². The normalized spacial score (nSPS) is 11.2. The number of hydrogen-bond donors (Lipinski definition) is 1. The van der Waals surface area contributed by atoms with Crippen molar-refractivity contribution in [3.8, 4) is 34.0 Å². The van der Waals surface area contributed by atoms with Gasteiger partial charge in [-0.1, -0.05) is 60.7 Å². The second kappa shape index (κ2) is 13.2. The van der Waals surface area contributed by atoms with Gasteiger partial charge in [0.2, 0.25) is 0 Å². The number of carbonyl (C=O) groups excluding carboxylic acids is 2. The Bertz CT molecular complexity index is 1970. The van der Waals surface area contributed by atoms with Crippen molar-refractivity contribution in [1.82, 2.24) is 9.99 Å². The average Bonchev–Trinajstić information content (AvgIpc) is 3.68. The maximum Gasteiger partial charge on any atom is 0.338 e. The van der Waals surface area contributed by atoms with Crippen LogP contribution in [-0.4, -0.2) is 35.9 Å². The lowest BCUT2D eigenvalue weighted by atomic mass is 10.1. The van der Waals surface area contributed by atoms with Crippen LogP contribution in [0.15, 0.2) is 125 Å². The number of fused-ring (bicyclic) bond motifs is 1. The number of esters is 1. The molecule has 2 aromatic heterocycles. The highest BCUT2D eigenvalue weighted by Crippen LogP contribution is 2.35. The van der Waals surface area contributed by atoms with Crippen molar-refractivity contribution in [3.05, 3.63) is 132 Å². The molecule has 0 atom stereocenters. The third-order valence-corrected chi connectivity index (χ3v) is 7.18. The quantitative estimate of drug-likeness (QED) is 0.0984. The zero-order valence-corrected chi connectivity index (χ0v) is 24.9. The lowest BCUT2D eigenvalue weighted by Gasteiger charge is -2.15. The van der Waals surface area contributed by atoms with E-state index in [0.717, 1.165) is 39.2 Å². The van der Waals surface area contributed by atoms with E-state index < -0.39 is 5.91 Å². The second-order valence-electron chi connectivity index (χ2n) is 10.1. The van der Waals surface area contributed by atoms with Gasteiger partial charge in [-0.25, -0.2) is 10.2 Å². The molecule has 8 nitrogen and oxygen atoms in total. The van der Waals surface area contributed by atoms with Gasteiger partial charge < -0.3 is 18.5 Å². The third-order valence-electron chi connectivity index (χ3n) is 7.18. The molecule has 0 radical (unpaired) electrons. The van der Waals surface area contributed by atoms with E-state index in [1.165, 1.54) is 0 Å². The monoisotopic (exact) mass is 597 g/mol. The number of rotatable bonds is 10. The van der Waals surface area contributed by atoms with Gasteiger partial charge in [-0.15, -0.1) is 0 Å². The first-order chi connectivity index (χ1) is 22.1. The lowest BCUT2D eigenvalue weighted by molar-refractivity contribution is 0.0526. The smallest absolute Gasteiger partial charge is 0.338 e. The van der Waals surface area contributed by atoms with Gasteiger partial charge in [0.1, 0.15) is 11.3 Å². The molecular weight excluding hydrogens is 566 g/mol. The standard InChI is InChI=1S/C37H31N3O5/c1-3-43-31-19-20-33-28(21-31)23-34(45-33)36(41)39-38-24-29-22-32(25-11-7-5-8-12-25)40(35(29)26-13-9-6-10-14-26)30-17-15-27(16-18-30)37(42)44-4-2/h5-24H,3-4H2,1-2H3,(H,39,41)/b38-24-. The number of benzene rings is 4. The number of nitrogens with one attached hydrogen (secondary N) is 1. The number of ether oxygens (including phenoxy) is 2.